The van der Waals surface area contributed by atoms with E-state index in [0.717, 1.165) is 12.2 Å². The van der Waals surface area contributed by atoms with Gasteiger partial charge < -0.3 is 5.32 Å². The molecule has 0 aliphatic rings. The first-order valence-corrected chi connectivity index (χ1v) is 6.22. The maximum atomic E-state index is 4.20. The molecule has 0 saturated carbocycles. The summed E-state index contributed by atoms with van der Waals surface area (Å²) in [4.78, 5) is 8.12. The smallest absolute Gasteiger partial charge is 0.115 e. The minimum Gasteiger partial charge on any atom is -0.305 e. The second-order valence-electron chi connectivity index (χ2n) is 4.65. The van der Waals surface area contributed by atoms with Gasteiger partial charge >= 0.3 is 0 Å². The highest BCUT2D eigenvalue weighted by atomic mass is 14.9. The molecule has 1 N–H and O–H groups in total. The highest BCUT2D eigenvalue weighted by Crippen LogP contribution is 2.16. The van der Waals surface area contributed by atoms with Gasteiger partial charge in [0.15, 0.2) is 0 Å². The Kier molecular flexibility index (Phi) is 4.05. The molecule has 1 heterocycles. The van der Waals surface area contributed by atoms with Gasteiger partial charge in [-0.05, 0) is 43.5 Å². The van der Waals surface area contributed by atoms with E-state index in [4.69, 9.17) is 0 Å². The van der Waals surface area contributed by atoms with Crippen LogP contribution in [0.1, 0.15) is 35.3 Å². The minimum atomic E-state index is 0.319. The van der Waals surface area contributed by atoms with Crippen LogP contribution in [0.15, 0.2) is 36.8 Å². The van der Waals surface area contributed by atoms with Crippen molar-refractivity contribution in [3.63, 3.8) is 0 Å². The Labute approximate surface area is 108 Å². The molecule has 0 aliphatic carbocycles. The van der Waals surface area contributed by atoms with E-state index in [0.29, 0.717) is 6.04 Å². The van der Waals surface area contributed by atoms with Gasteiger partial charge in [0.2, 0.25) is 0 Å². The molecule has 2 rings (SSSR count). The van der Waals surface area contributed by atoms with Gasteiger partial charge in [-0.3, -0.25) is 0 Å². The summed E-state index contributed by atoms with van der Waals surface area (Å²) in [5.41, 5.74) is 5.00. The average molecular weight is 241 g/mol. The molecule has 18 heavy (non-hydrogen) atoms. The first-order chi connectivity index (χ1) is 8.66. The first kappa shape index (κ1) is 12.7. The highest BCUT2D eigenvalue weighted by Gasteiger charge is 2.06. The molecular weight excluding hydrogens is 222 g/mol. The summed E-state index contributed by atoms with van der Waals surface area (Å²) in [6.45, 7) is 7.22. The molecule has 0 spiro atoms. The lowest BCUT2D eigenvalue weighted by atomic mass is 10.0. The number of nitrogens with one attached hydrogen (secondary N) is 1. The fourth-order valence-corrected chi connectivity index (χ4v) is 1.83. The Hall–Kier alpha value is -1.74. The third kappa shape index (κ3) is 3.14. The maximum Gasteiger partial charge on any atom is 0.115 e. The van der Waals surface area contributed by atoms with Crippen molar-refractivity contribution in [2.45, 2.75) is 33.4 Å². The van der Waals surface area contributed by atoms with Crippen molar-refractivity contribution in [3.05, 3.63) is 59.2 Å². The van der Waals surface area contributed by atoms with Crippen LogP contribution in [-0.2, 0) is 6.54 Å². The number of nitrogens with zero attached hydrogens (tertiary/aromatic N) is 2. The molecule has 3 heteroatoms. The molecule has 0 amide bonds. The largest absolute Gasteiger partial charge is 0.305 e. The summed E-state index contributed by atoms with van der Waals surface area (Å²) < 4.78 is 0. The topological polar surface area (TPSA) is 37.8 Å². The third-order valence-electron chi connectivity index (χ3n) is 3.26. The molecule has 0 bridgehead atoms. The Morgan fingerprint density at radius 2 is 2.00 bits per heavy atom. The van der Waals surface area contributed by atoms with Crippen LogP contribution in [0.5, 0.6) is 0 Å². The van der Waals surface area contributed by atoms with E-state index in [1.54, 1.807) is 12.5 Å². The average Bonchev–Trinajstić information content (AvgIpc) is 2.40. The molecule has 2 aromatic rings. The monoisotopic (exact) mass is 241 g/mol. The molecule has 0 aliphatic heterocycles. The van der Waals surface area contributed by atoms with Gasteiger partial charge in [-0.15, -0.1) is 0 Å². The number of benzene rings is 1. The van der Waals surface area contributed by atoms with Crippen molar-refractivity contribution in [1.82, 2.24) is 15.3 Å². The summed E-state index contributed by atoms with van der Waals surface area (Å²) in [6, 6.07) is 8.85. The molecule has 3 nitrogen and oxygen atoms in total. The van der Waals surface area contributed by atoms with Gasteiger partial charge in [-0.2, -0.15) is 0 Å². The number of aromatic nitrogens is 2. The van der Waals surface area contributed by atoms with E-state index in [1.807, 2.05) is 6.07 Å². The van der Waals surface area contributed by atoms with Crippen molar-refractivity contribution in [1.29, 1.82) is 0 Å². The number of hydrogen-bond donors (Lipinski definition) is 1. The van der Waals surface area contributed by atoms with Gasteiger partial charge in [0.25, 0.3) is 0 Å². The van der Waals surface area contributed by atoms with Gasteiger partial charge in [0.05, 0.1) is 5.69 Å². The van der Waals surface area contributed by atoms with Crippen LogP contribution in [0.3, 0.4) is 0 Å². The van der Waals surface area contributed by atoms with E-state index < -0.39 is 0 Å². The minimum absolute atomic E-state index is 0.319. The summed E-state index contributed by atoms with van der Waals surface area (Å²) in [6.07, 6.45) is 3.35. The lowest BCUT2D eigenvalue weighted by Gasteiger charge is -2.15. The van der Waals surface area contributed by atoms with Crippen molar-refractivity contribution in [2.24, 2.45) is 0 Å². The van der Waals surface area contributed by atoms with Crippen molar-refractivity contribution in [3.8, 4) is 0 Å². The highest BCUT2D eigenvalue weighted by molar-refractivity contribution is 5.31. The van der Waals surface area contributed by atoms with E-state index in [-0.39, 0.29) is 0 Å². The molecule has 1 unspecified atom stereocenters. The van der Waals surface area contributed by atoms with Crippen LogP contribution in [0.4, 0.5) is 0 Å². The predicted octanol–water partition coefficient (Wildman–Crippen LogP) is 2.94. The standard InChI is InChI=1S/C15H19N3/c1-11-4-5-14(8-12(11)2)13(3)17-9-15-6-7-16-10-18-15/h4-8,10,13,17H,9H2,1-3H3. The SMILES string of the molecule is Cc1ccc(C(C)NCc2ccncn2)cc1C. The maximum absolute atomic E-state index is 4.20. The summed E-state index contributed by atoms with van der Waals surface area (Å²) >= 11 is 0. The normalized spacial score (nSPS) is 12.4. The number of aryl methyl sites for hydroxylation is 2. The van der Waals surface area contributed by atoms with E-state index in [1.165, 1.54) is 16.7 Å². The zero-order chi connectivity index (χ0) is 13.0. The van der Waals surface area contributed by atoms with Crippen molar-refractivity contribution >= 4 is 0 Å². The van der Waals surface area contributed by atoms with Crippen LogP contribution >= 0.6 is 0 Å². The Morgan fingerprint density at radius 1 is 1.17 bits per heavy atom. The van der Waals surface area contributed by atoms with E-state index in [2.05, 4.69) is 54.3 Å². The molecule has 0 radical (unpaired) electrons. The second kappa shape index (κ2) is 5.74. The molecule has 94 valence electrons. The molecule has 1 aromatic carbocycles. The van der Waals surface area contributed by atoms with Crippen molar-refractivity contribution in [2.75, 3.05) is 0 Å². The molecule has 0 saturated heterocycles. The van der Waals surface area contributed by atoms with Crippen LogP contribution in [0.2, 0.25) is 0 Å². The van der Waals surface area contributed by atoms with Crippen molar-refractivity contribution < 1.29 is 0 Å². The van der Waals surface area contributed by atoms with Crippen LogP contribution in [0, 0.1) is 13.8 Å². The lowest BCUT2D eigenvalue weighted by Crippen LogP contribution is -2.18. The molecular formula is C15H19N3. The van der Waals surface area contributed by atoms with Gasteiger partial charge in [0.1, 0.15) is 6.33 Å². The Bertz CT molecular complexity index is 508. The summed E-state index contributed by atoms with van der Waals surface area (Å²) in [7, 11) is 0. The Morgan fingerprint density at radius 3 is 2.67 bits per heavy atom. The summed E-state index contributed by atoms with van der Waals surface area (Å²) in [5.74, 6) is 0. The molecule has 1 aromatic heterocycles. The van der Waals surface area contributed by atoms with Crippen LogP contribution < -0.4 is 5.32 Å². The lowest BCUT2D eigenvalue weighted by molar-refractivity contribution is 0.566. The van der Waals surface area contributed by atoms with Crippen LogP contribution in [0.25, 0.3) is 0 Å². The van der Waals surface area contributed by atoms with E-state index >= 15 is 0 Å². The summed E-state index contributed by atoms with van der Waals surface area (Å²) in [5, 5.41) is 3.47. The first-order valence-electron chi connectivity index (χ1n) is 6.22. The zero-order valence-corrected chi connectivity index (χ0v) is 11.1. The second-order valence-corrected chi connectivity index (χ2v) is 4.65. The van der Waals surface area contributed by atoms with Gasteiger partial charge in [-0.25, -0.2) is 9.97 Å². The van der Waals surface area contributed by atoms with E-state index in [9.17, 15) is 0 Å². The van der Waals surface area contributed by atoms with Gasteiger partial charge in [0, 0.05) is 18.8 Å². The quantitative estimate of drug-likeness (QED) is 0.894. The fraction of sp³-hybridized carbons (Fsp3) is 0.333. The third-order valence-corrected chi connectivity index (χ3v) is 3.26. The number of rotatable bonds is 4. The predicted molar refractivity (Wildman–Crippen MR) is 73.2 cm³/mol. The zero-order valence-electron chi connectivity index (χ0n) is 11.1. The molecule has 0 fully saturated rings. The molecule has 1 atom stereocenters. The Balaban J connectivity index is 1.99. The van der Waals surface area contributed by atoms with Crippen LogP contribution in [-0.4, -0.2) is 9.97 Å². The number of hydrogen-bond acceptors (Lipinski definition) is 3. The fourth-order valence-electron chi connectivity index (χ4n) is 1.83. The van der Waals surface area contributed by atoms with Gasteiger partial charge in [-0.1, -0.05) is 18.2 Å².